The van der Waals surface area contributed by atoms with Gasteiger partial charge in [-0.2, -0.15) is 0 Å². The van der Waals surface area contributed by atoms with Crippen LogP contribution in [0.5, 0.6) is 0 Å². The first kappa shape index (κ1) is 17.5. The fourth-order valence-electron chi connectivity index (χ4n) is 2.79. The summed E-state index contributed by atoms with van der Waals surface area (Å²) < 4.78 is 5.45. The second kappa shape index (κ2) is 8.15. The molecule has 1 aliphatic rings. The van der Waals surface area contributed by atoms with Crippen molar-refractivity contribution in [3.05, 3.63) is 23.7 Å². The van der Waals surface area contributed by atoms with Gasteiger partial charge in [0.1, 0.15) is 5.76 Å². The zero-order valence-corrected chi connectivity index (χ0v) is 14.3. The smallest absolute Gasteiger partial charge is 0.289 e. The van der Waals surface area contributed by atoms with Crippen LogP contribution in [0.15, 0.2) is 16.5 Å². The monoisotopic (exact) mass is 321 g/mol. The third-order valence-corrected chi connectivity index (χ3v) is 4.29. The molecule has 0 radical (unpaired) electrons. The van der Waals surface area contributed by atoms with Gasteiger partial charge in [-0.3, -0.25) is 9.59 Å². The summed E-state index contributed by atoms with van der Waals surface area (Å²) in [7, 11) is 3.35. The summed E-state index contributed by atoms with van der Waals surface area (Å²) in [5, 5.41) is 2.85. The second-order valence-corrected chi connectivity index (χ2v) is 6.37. The van der Waals surface area contributed by atoms with Gasteiger partial charge in [0.2, 0.25) is 5.91 Å². The average Bonchev–Trinajstić information content (AvgIpc) is 3.20. The van der Waals surface area contributed by atoms with E-state index in [9.17, 15) is 9.59 Å². The molecule has 6 nitrogen and oxygen atoms in total. The fourth-order valence-corrected chi connectivity index (χ4v) is 2.79. The maximum atomic E-state index is 11.9. The van der Waals surface area contributed by atoms with Crippen molar-refractivity contribution in [2.24, 2.45) is 0 Å². The Kier molecular flexibility index (Phi) is 6.21. The van der Waals surface area contributed by atoms with Crippen LogP contribution >= 0.6 is 0 Å². The van der Waals surface area contributed by atoms with E-state index >= 15 is 0 Å². The number of amides is 2. The van der Waals surface area contributed by atoms with Crippen molar-refractivity contribution in [1.82, 2.24) is 15.1 Å². The normalized spacial score (nSPS) is 16.3. The summed E-state index contributed by atoms with van der Waals surface area (Å²) in [5.74, 6) is 0.730. The van der Waals surface area contributed by atoms with Gasteiger partial charge < -0.3 is 19.5 Å². The quantitative estimate of drug-likeness (QED) is 0.832. The first-order valence-electron chi connectivity index (χ1n) is 8.28. The van der Waals surface area contributed by atoms with Gasteiger partial charge in [-0.05, 0) is 51.4 Å². The molecule has 2 heterocycles. The fraction of sp³-hybridized carbons (Fsp3) is 0.647. The Morgan fingerprint density at radius 2 is 2.00 bits per heavy atom. The summed E-state index contributed by atoms with van der Waals surface area (Å²) in [6, 6.07) is 3.82. The van der Waals surface area contributed by atoms with E-state index in [0.717, 1.165) is 19.5 Å². The Bertz CT molecular complexity index is 533. The lowest BCUT2D eigenvalue weighted by molar-refractivity contribution is -0.121. The highest BCUT2D eigenvalue weighted by molar-refractivity contribution is 5.91. The summed E-state index contributed by atoms with van der Waals surface area (Å²) in [6.45, 7) is 4.80. The minimum absolute atomic E-state index is 0.0212. The van der Waals surface area contributed by atoms with Crippen molar-refractivity contribution in [2.75, 3.05) is 27.2 Å². The highest BCUT2D eigenvalue weighted by Gasteiger charge is 2.18. The summed E-state index contributed by atoms with van der Waals surface area (Å²) in [4.78, 5) is 27.6. The molecule has 1 fully saturated rings. The number of furan rings is 1. The Hall–Kier alpha value is -1.82. The van der Waals surface area contributed by atoms with Crippen LogP contribution in [0.1, 0.15) is 48.9 Å². The van der Waals surface area contributed by atoms with Crippen molar-refractivity contribution in [3.63, 3.8) is 0 Å². The van der Waals surface area contributed by atoms with E-state index in [1.807, 2.05) is 0 Å². The first-order valence-corrected chi connectivity index (χ1v) is 8.28. The van der Waals surface area contributed by atoms with Gasteiger partial charge in [0.05, 0.1) is 6.54 Å². The molecule has 0 spiro atoms. The van der Waals surface area contributed by atoms with Crippen LogP contribution in [-0.2, 0) is 11.3 Å². The van der Waals surface area contributed by atoms with Gasteiger partial charge in [0.15, 0.2) is 5.76 Å². The summed E-state index contributed by atoms with van der Waals surface area (Å²) >= 11 is 0. The number of hydrogen-bond donors (Lipinski definition) is 1. The Morgan fingerprint density at radius 1 is 1.30 bits per heavy atom. The van der Waals surface area contributed by atoms with Gasteiger partial charge in [-0.1, -0.05) is 0 Å². The minimum atomic E-state index is -0.179. The largest absolute Gasteiger partial charge is 0.454 e. The molecule has 0 saturated carbocycles. The van der Waals surface area contributed by atoms with Crippen molar-refractivity contribution < 1.29 is 14.0 Å². The predicted octanol–water partition coefficient (Wildman–Crippen LogP) is 1.86. The van der Waals surface area contributed by atoms with Crippen LogP contribution in [-0.4, -0.2) is 54.8 Å². The highest BCUT2D eigenvalue weighted by Crippen LogP contribution is 2.15. The lowest BCUT2D eigenvalue weighted by atomic mass is 10.1. The molecule has 2 rings (SSSR count). The molecular formula is C17H27N3O3. The molecule has 1 unspecified atom stereocenters. The average molecular weight is 321 g/mol. The standard InChI is InChI=1S/C17H27N3O3/c1-13(20-10-4-5-11-20)6-9-16(21)18-12-14-7-8-15(23-14)17(22)19(2)3/h7-8,13H,4-6,9-12H2,1-3H3,(H,18,21). The number of rotatable bonds is 7. The lowest BCUT2D eigenvalue weighted by Crippen LogP contribution is -2.32. The topological polar surface area (TPSA) is 65.8 Å². The molecule has 1 N–H and O–H groups in total. The zero-order chi connectivity index (χ0) is 16.8. The summed E-state index contributed by atoms with van der Waals surface area (Å²) in [6.07, 6.45) is 3.92. The van der Waals surface area contributed by atoms with Gasteiger partial charge in [-0.25, -0.2) is 0 Å². The van der Waals surface area contributed by atoms with Crippen LogP contribution in [0.2, 0.25) is 0 Å². The molecule has 0 aliphatic carbocycles. The van der Waals surface area contributed by atoms with E-state index in [1.165, 1.54) is 17.7 Å². The van der Waals surface area contributed by atoms with E-state index in [2.05, 4.69) is 17.1 Å². The second-order valence-electron chi connectivity index (χ2n) is 6.37. The minimum Gasteiger partial charge on any atom is -0.454 e. The molecule has 1 atom stereocenters. The number of carbonyl (C=O) groups is 2. The maximum absolute atomic E-state index is 11.9. The van der Waals surface area contributed by atoms with Crippen molar-refractivity contribution in [3.8, 4) is 0 Å². The molecule has 0 aromatic carbocycles. The SMILES string of the molecule is CC(CCC(=O)NCc1ccc(C(=O)N(C)C)o1)N1CCCC1. The predicted molar refractivity (Wildman–Crippen MR) is 88.1 cm³/mol. The Morgan fingerprint density at radius 3 is 2.65 bits per heavy atom. The van der Waals surface area contributed by atoms with Crippen molar-refractivity contribution >= 4 is 11.8 Å². The number of nitrogens with one attached hydrogen (secondary N) is 1. The van der Waals surface area contributed by atoms with Crippen LogP contribution in [0.25, 0.3) is 0 Å². The van der Waals surface area contributed by atoms with E-state index in [-0.39, 0.29) is 11.8 Å². The molecule has 1 aromatic heterocycles. The third kappa shape index (κ3) is 5.10. The van der Waals surface area contributed by atoms with Gasteiger partial charge in [-0.15, -0.1) is 0 Å². The van der Waals surface area contributed by atoms with Crippen molar-refractivity contribution in [1.29, 1.82) is 0 Å². The number of carbonyl (C=O) groups excluding carboxylic acids is 2. The maximum Gasteiger partial charge on any atom is 0.289 e. The Balaban J connectivity index is 1.71. The molecular weight excluding hydrogens is 294 g/mol. The van der Waals surface area contributed by atoms with Crippen LogP contribution in [0, 0.1) is 0 Å². The first-order chi connectivity index (χ1) is 11.0. The number of nitrogens with zero attached hydrogens (tertiary/aromatic N) is 2. The van der Waals surface area contributed by atoms with E-state index < -0.39 is 0 Å². The van der Waals surface area contributed by atoms with E-state index in [0.29, 0.717) is 30.5 Å². The highest BCUT2D eigenvalue weighted by atomic mass is 16.4. The van der Waals surface area contributed by atoms with Crippen LogP contribution < -0.4 is 5.32 Å². The molecule has 23 heavy (non-hydrogen) atoms. The zero-order valence-electron chi connectivity index (χ0n) is 14.3. The van der Waals surface area contributed by atoms with E-state index in [4.69, 9.17) is 4.42 Å². The lowest BCUT2D eigenvalue weighted by Gasteiger charge is -2.23. The third-order valence-electron chi connectivity index (χ3n) is 4.29. The summed E-state index contributed by atoms with van der Waals surface area (Å²) in [5.41, 5.74) is 0. The van der Waals surface area contributed by atoms with Crippen LogP contribution in [0.3, 0.4) is 0 Å². The number of hydrogen-bond acceptors (Lipinski definition) is 4. The Labute approximate surface area is 137 Å². The number of likely N-dealkylation sites (tertiary alicyclic amines) is 1. The van der Waals surface area contributed by atoms with Gasteiger partial charge >= 0.3 is 0 Å². The molecule has 0 bridgehead atoms. The molecule has 6 heteroatoms. The van der Waals surface area contributed by atoms with E-state index in [1.54, 1.807) is 26.2 Å². The van der Waals surface area contributed by atoms with Gasteiger partial charge in [0.25, 0.3) is 5.91 Å². The molecule has 1 aromatic rings. The molecule has 1 saturated heterocycles. The molecule has 1 aliphatic heterocycles. The van der Waals surface area contributed by atoms with Gasteiger partial charge in [0, 0.05) is 26.6 Å². The van der Waals surface area contributed by atoms with Crippen LogP contribution in [0.4, 0.5) is 0 Å². The molecule has 2 amide bonds. The molecule has 128 valence electrons. The van der Waals surface area contributed by atoms with Crippen molar-refractivity contribution in [2.45, 2.75) is 45.2 Å².